The van der Waals surface area contributed by atoms with Crippen LogP contribution in [0.3, 0.4) is 0 Å². The molecule has 19 heavy (non-hydrogen) atoms. The number of nitrogens with zero attached hydrogens (tertiary/aromatic N) is 2. The van der Waals surface area contributed by atoms with Crippen LogP contribution >= 0.6 is 0 Å². The van der Waals surface area contributed by atoms with E-state index in [4.69, 9.17) is 5.73 Å². The van der Waals surface area contributed by atoms with Gasteiger partial charge in [0, 0.05) is 31.9 Å². The Morgan fingerprint density at radius 2 is 2.32 bits per heavy atom. The zero-order valence-corrected chi connectivity index (χ0v) is 11.4. The molecule has 1 amide bonds. The van der Waals surface area contributed by atoms with Gasteiger partial charge in [-0.25, -0.2) is 4.98 Å². The Morgan fingerprint density at radius 1 is 1.53 bits per heavy atom. The monoisotopic (exact) mass is 260 g/mol. The van der Waals surface area contributed by atoms with Crippen molar-refractivity contribution in [3.63, 3.8) is 0 Å². The number of hydrogen-bond donors (Lipinski definition) is 2. The summed E-state index contributed by atoms with van der Waals surface area (Å²) in [7, 11) is 0. The molecule has 0 aliphatic carbocycles. The summed E-state index contributed by atoms with van der Waals surface area (Å²) in [6.07, 6.45) is 1.76. The number of hydrogen-bond acceptors (Lipinski definition) is 4. The quantitative estimate of drug-likeness (QED) is 0.814. The molecule has 0 spiro atoms. The lowest BCUT2D eigenvalue weighted by Gasteiger charge is -2.27. The third-order valence-electron chi connectivity index (χ3n) is 4.59. The maximum atomic E-state index is 11.7. The Balaban J connectivity index is 1.99. The van der Waals surface area contributed by atoms with Crippen LogP contribution in [-0.4, -0.2) is 36.6 Å². The van der Waals surface area contributed by atoms with E-state index in [1.165, 1.54) is 0 Å². The first-order valence-electron chi connectivity index (χ1n) is 6.82. The van der Waals surface area contributed by atoms with Crippen molar-refractivity contribution in [2.45, 2.75) is 19.9 Å². The zero-order valence-electron chi connectivity index (χ0n) is 11.4. The number of rotatable bonds is 2. The maximum Gasteiger partial charge on any atom is 0.252 e. The summed E-state index contributed by atoms with van der Waals surface area (Å²) in [5.41, 5.74) is 7.00. The second-order valence-corrected chi connectivity index (χ2v) is 5.67. The molecule has 2 fully saturated rings. The van der Waals surface area contributed by atoms with Crippen molar-refractivity contribution in [3.8, 4) is 0 Å². The molecule has 2 aliphatic rings. The zero-order chi connectivity index (χ0) is 13.6. The van der Waals surface area contributed by atoms with Gasteiger partial charge in [0.15, 0.2) is 0 Å². The normalized spacial score (nSPS) is 29.6. The predicted molar refractivity (Wildman–Crippen MR) is 74.1 cm³/mol. The van der Waals surface area contributed by atoms with Gasteiger partial charge in [-0.1, -0.05) is 0 Å². The van der Waals surface area contributed by atoms with Crippen LogP contribution in [0.1, 0.15) is 22.8 Å². The smallest absolute Gasteiger partial charge is 0.252 e. The highest BCUT2D eigenvalue weighted by atomic mass is 16.1. The second-order valence-electron chi connectivity index (χ2n) is 5.67. The van der Waals surface area contributed by atoms with Crippen LogP contribution in [0.2, 0.25) is 0 Å². The minimum absolute atomic E-state index is 0.386. The van der Waals surface area contributed by atoms with E-state index in [-0.39, 0.29) is 5.91 Å². The van der Waals surface area contributed by atoms with E-state index in [1.807, 2.05) is 13.0 Å². The summed E-state index contributed by atoms with van der Waals surface area (Å²) >= 11 is 0. The molecule has 0 saturated carbocycles. The molecule has 5 heteroatoms. The summed E-state index contributed by atoms with van der Waals surface area (Å²) in [6.45, 7) is 7.19. The van der Waals surface area contributed by atoms with Gasteiger partial charge in [0.2, 0.25) is 0 Å². The first-order valence-corrected chi connectivity index (χ1v) is 6.82. The Hall–Kier alpha value is -1.62. The maximum absolute atomic E-state index is 11.7. The fourth-order valence-corrected chi connectivity index (χ4v) is 3.51. The average molecular weight is 260 g/mol. The molecule has 2 aliphatic heterocycles. The summed E-state index contributed by atoms with van der Waals surface area (Å²) in [5.74, 6) is 1.67. The summed E-state index contributed by atoms with van der Waals surface area (Å²) in [5, 5.41) is 3.44. The third kappa shape index (κ3) is 1.89. The summed E-state index contributed by atoms with van der Waals surface area (Å²) < 4.78 is 0. The van der Waals surface area contributed by atoms with E-state index >= 15 is 0 Å². The van der Waals surface area contributed by atoms with Crippen LogP contribution in [0.5, 0.6) is 0 Å². The molecule has 3 N–H and O–H groups in total. The number of aromatic nitrogens is 1. The van der Waals surface area contributed by atoms with E-state index in [0.717, 1.165) is 31.0 Å². The van der Waals surface area contributed by atoms with Gasteiger partial charge >= 0.3 is 0 Å². The Bertz CT molecular complexity index is 516. The molecular formula is C14H20N4O. The standard InChI is InChI=1S/C14H20N4O/c1-8-3-4-17-14(12(8)13(15)19)18-7-10-5-16-6-11(10)9(18)2/h3-4,9-11,16H,5-7H2,1-2H3,(H2,15,19). The highest BCUT2D eigenvalue weighted by Gasteiger charge is 2.43. The SMILES string of the molecule is Cc1ccnc(N2CC3CNCC3C2C)c1C(N)=O. The van der Waals surface area contributed by atoms with Gasteiger partial charge in [-0.15, -0.1) is 0 Å². The molecule has 2 saturated heterocycles. The van der Waals surface area contributed by atoms with Crippen molar-refractivity contribution >= 4 is 11.7 Å². The van der Waals surface area contributed by atoms with Crippen molar-refractivity contribution in [3.05, 3.63) is 23.4 Å². The number of pyridine rings is 1. The van der Waals surface area contributed by atoms with Gasteiger partial charge in [-0.2, -0.15) is 0 Å². The second kappa shape index (κ2) is 4.49. The van der Waals surface area contributed by atoms with Gasteiger partial charge in [0.1, 0.15) is 5.82 Å². The predicted octanol–water partition coefficient (Wildman–Crippen LogP) is 0.533. The molecule has 0 radical (unpaired) electrons. The van der Waals surface area contributed by atoms with E-state index < -0.39 is 0 Å². The van der Waals surface area contributed by atoms with Crippen LogP contribution < -0.4 is 16.0 Å². The third-order valence-corrected chi connectivity index (χ3v) is 4.59. The molecule has 3 unspecified atom stereocenters. The largest absolute Gasteiger partial charge is 0.365 e. The molecular weight excluding hydrogens is 240 g/mol. The van der Waals surface area contributed by atoms with Gasteiger partial charge in [0.05, 0.1) is 5.56 Å². The molecule has 5 nitrogen and oxygen atoms in total. The van der Waals surface area contributed by atoms with Gasteiger partial charge in [-0.05, 0) is 37.3 Å². The average Bonchev–Trinajstić information content (AvgIpc) is 2.92. The minimum Gasteiger partial charge on any atom is -0.365 e. The van der Waals surface area contributed by atoms with E-state index in [1.54, 1.807) is 6.20 Å². The number of anilines is 1. The minimum atomic E-state index is -0.386. The van der Waals surface area contributed by atoms with Gasteiger partial charge in [0.25, 0.3) is 5.91 Å². The Morgan fingerprint density at radius 3 is 3.00 bits per heavy atom. The van der Waals surface area contributed by atoms with Crippen molar-refractivity contribution in [2.24, 2.45) is 17.6 Å². The van der Waals surface area contributed by atoms with Crippen LogP contribution in [0.4, 0.5) is 5.82 Å². The van der Waals surface area contributed by atoms with E-state index in [0.29, 0.717) is 23.4 Å². The molecule has 0 bridgehead atoms. The van der Waals surface area contributed by atoms with Crippen molar-refractivity contribution < 1.29 is 4.79 Å². The number of carbonyl (C=O) groups excluding carboxylic acids is 1. The number of aryl methyl sites for hydroxylation is 1. The summed E-state index contributed by atoms with van der Waals surface area (Å²) in [4.78, 5) is 18.4. The van der Waals surface area contributed by atoms with E-state index in [2.05, 4.69) is 22.1 Å². The van der Waals surface area contributed by atoms with Crippen molar-refractivity contribution in [1.82, 2.24) is 10.3 Å². The fraction of sp³-hybridized carbons (Fsp3) is 0.571. The van der Waals surface area contributed by atoms with Crippen LogP contribution in [0, 0.1) is 18.8 Å². The van der Waals surface area contributed by atoms with Crippen molar-refractivity contribution in [1.29, 1.82) is 0 Å². The fourth-order valence-electron chi connectivity index (χ4n) is 3.51. The number of nitrogens with one attached hydrogen (secondary N) is 1. The molecule has 3 heterocycles. The topological polar surface area (TPSA) is 71.2 Å². The van der Waals surface area contributed by atoms with Crippen LogP contribution in [0.15, 0.2) is 12.3 Å². The first-order chi connectivity index (χ1) is 9.09. The molecule has 3 atom stereocenters. The Kier molecular flexibility index (Phi) is 2.93. The molecule has 102 valence electrons. The molecule has 1 aromatic rings. The molecule has 1 aromatic heterocycles. The number of amides is 1. The number of fused-ring (bicyclic) bond motifs is 1. The highest BCUT2D eigenvalue weighted by molar-refractivity contribution is 5.99. The molecule has 0 aromatic carbocycles. The number of primary amides is 1. The lowest BCUT2D eigenvalue weighted by molar-refractivity contribution is 0.1000. The molecule has 3 rings (SSSR count). The lowest BCUT2D eigenvalue weighted by atomic mass is 9.95. The van der Waals surface area contributed by atoms with E-state index in [9.17, 15) is 4.79 Å². The van der Waals surface area contributed by atoms with Crippen LogP contribution in [-0.2, 0) is 0 Å². The van der Waals surface area contributed by atoms with Gasteiger partial charge < -0.3 is 16.0 Å². The highest BCUT2D eigenvalue weighted by Crippen LogP contribution is 2.36. The Labute approximate surface area is 113 Å². The first kappa shape index (κ1) is 12.4. The van der Waals surface area contributed by atoms with Crippen LogP contribution in [0.25, 0.3) is 0 Å². The van der Waals surface area contributed by atoms with Gasteiger partial charge in [-0.3, -0.25) is 4.79 Å². The van der Waals surface area contributed by atoms with Crippen molar-refractivity contribution in [2.75, 3.05) is 24.5 Å². The summed E-state index contributed by atoms with van der Waals surface area (Å²) in [6, 6.07) is 2.24. The number of carbonyl (C=O) groups is 1. The number of nitrogens with two attached hydrogens (primary N) is 1. The lowest BCUT2D eigenvalue weighted by Crippen LogP contribution is -2.35.